The molecule has 1 spiro atoms. The van der Waals surface area contributed by atoms with Crippen molar-refractivity contribution >= 4 is 22.7 Å². The van der Waals surface area contributed by atoms with E-state index in [9.17, 15) is 9.59 Å². The van der Waals surface area contributed by atoms with Crippen molar-refractivity contribution in [1.82, 2.24) is 9.88 Å². The summed E-state index contributed by atoms with van der Waals surface area (Å²) < 4.78 is 17.6. The Hall–Kier alpha value is -2.22. The molecule has 0 saturated carbocycles. The topological polar surface area (TPSA) is 84.2 Å². The zero-order valence-corrected chi connectivity index (χ0v) is 16.7. The molecule has 4 fully saturated rings. The maximum Gasteiger partial charge on any atom is 0.316 e. The van der Waals surface area contributed by atoms with Crippen LogP contribution in [0.15, 0.2) is 24.3 Å². The second kappa shape index (κ2) is 5.47. The summed E-state index contributed by atoms with van der Waals surface area (Å²) in [5, 5.41) is 1.04. The lowest BCUT2D eigenvalue weighted by Crippen LogP contribution is -2.77. The Kier molecular flexibility index (Phi) is 3.33. The van der Waals surface area contributed by atoms with Crippen molar-refractivity contribution < 1.29 is 23.8 Å². The number of methoxy groups -OCH3 is 1. The Morgan fingerprint density at radius 2 is 2.07 bits per heavy atom. The third kappa shape index (κ3) is 1.89. The van der Waals surface area contributed by atoms with E-state index in [1.54, 1.807) is 0 Å². The number of para-hydroxylation sites is 1. The van der Waals surface area contributed by atoms with E-state index >= 15 is 0 Å². The van der Waals surface area contributed by atoms with Crippen molar-refractivity contribution in [3.05, 3.63) is 35.5 Å². The second-order valence-corrected chi connectivity index (χ2v) is 8.90. The van der Waals surface area contributed by atoms with E-state index in [4.69, 9.17) is 14.2 Å². The van der Waals surface area contributed by atoms with Crippen molar-refractivity contribution in [3.8, 4) is 0 Å². The second-order valence-electron chi connectivity index (χ2n) is 8.90. The molecule has 4 bridgehead atoms. The number of ketones is 1. The van der Waals surface area contributed by atoms with Crippen LogP contribution >= 0.6 is 0 Å². The van der Waals surface area contributed by atoms with Crippen LogP contribution in [0, 0.1) is 11.3 Å². The molecule has 4 saturated heterocycles. The molecule has 0 unspecified atom stereocenters. The summed E-state index contributed by atoms with van der Waals surface area (Å²) in [6.07, 6.45) is 0.485. The van der Waals surface area contributed by atoms with Crippen LogP contribution in [0.25, 0.3) is 10.9 Å². The van der Waals surface area contributed by atoms with Gasteiger partial charge in [-0.25, -0.2) is 0 Å². The number of aromatic amines is 1. The third-order valence-corrected chi connectivity index (χ3v) is 7.89. The van der Waals surface area contributed by atoms with E-state index in [-0.39, 0.29) is 49.1 Å². The van der Waals surface area contributed by atoms with Crippen molar-refractivity contribution in [2.24, 2.45) is 11.3 Å². The van der Waals surface area contributed by atoms with Gasteiger partial charge in [0.25, 0.3) is 0 Å². The average Bonchev–Trinajstić information content (AvgIpc) is 3.22. The number of aromatic nitrogens is 1. The number of esters is 1. The van der Waals surface area contributed by atoms with E-state index in [0.29, 0.717) is 12.1 Å². The minimum Gasteiger partial charge on any atom is -0.468 e. The van der Waals surface area contributed by atoms with Gasteiger partial charge in [-0.2, -0.15) is 0 Å². The van der Waals surface area contributed by atoms with Crippen LogP contribution in [0.1, 0.15) is 29.4 Å². The van der Waals surface area contributed by atoms with Crippen LogP contribution in [0.2, 0.25) is 0 Å². The number of ether oxygens (including phenoxy) is 3. The van der Waals surface area contributed by atoms with Crippen molar-refractivity contribution in [3.63, 3.8) is 0 Å². The fourth-order valence-corrected chi connectivity index (χ4v) is 6.54. The quantitative estimate of drug-likeness (QED) is 0.586. The Labute approximate surface area is 168 Å². The number of H-pyrrole nitrogens is 1. The zero-order valence-electron chi connectivity index (χ0n) is 16.7. The van der Waals surface area contributed by atoms with Gasteiger partial charge in [0.2, 0.25) is 0 Å². The summed E-state index contributed by atoms with van der Waals surface area (Å²) in [6, 6.07) is 7.83. The normalized spacial score (nSPS) is 40.6. The highest BCUT2D eigenvalue weighted by atomic mass is 16.7. The van der Waals surface area contributed by atoms with Crippen molar-refractivity contribution in [2.75, 3.05) is 20.8 Å². The number of carbonyl (C=O) groups is 2. The zero-order chi connectivity index (χ0) is 20.1. The molecule has 29 heavy (non-hydrogen) atoms. The highest BCUT2D eigenvalue weighted by Gasteiger charge is 2.80. The van der Waals surface area contributed by atoms with Gasteiger partial charge in [0, 0.05) is 29.3 Å². The highest BCUT2D eigenvalue weighted by molar-refractivity contribution is 6.03. The molecule has 7 rings (SSSR count). The summed E-state index contributed by atoms with van der Waals surface area (Å²) >= 11 is 0. The number of Topliss-reactive ketones (excluding diaryl/α,β-unsaturated/α-hetero) is 1. The smallest absolute Gasteiger partial charge is 0.316 e. The summed E-state index contributed by atoms with van der Waals surface area (Å²) in [7, 11) is 3.41. The summed E-state index contributed by atoms with van der Waals surface area (Å²) in [5.74, 6) is -0.555. The predicted octanol–water partition coefficient (Wildman–Crippen LogP) is 1.90. The highest BCUT2D eigenvalue weighted by Crippen LogP contribution is 2.64. The van der Waals surface area contributed by atoms with Gasteiger partial charge in [0.1, 0.15) is 17.2 Å². The van der Waals surface area contributed by atoms with Crippen molar-refractivity contribution in [1.29, 1.82) is 0 Å². The maximum absolute atomic E-state index is 13.5. The van der Waals surface area contributed by atoms with Gasteiger partial charge in [-0.1, -0.05) is 18.2 Å². The number of piperidine rings is 1. The number of carbonyl (C=O) groups excluding carboxylic acids is 2. The molecule has 7 nitrogen and oxygen atoms in total. The van der Waals surface area contributed by atoms with Crippen LogP contribution in [0.4, 0.5) is 0 Å². The number of epoxide rings is 1. The molecule has 5 aliphatic rings. The van der Waals surface area contributed by atoms with Crippen LogP contribution in [-0.2, 0) is 25.4 Å². The van der Waals surface area contributed by atoms with Crippen molar-refractivity contribution in [2.45, 2.75) is 43.7 Å². The number of hydrogen-bond donors (Lipinski definition) is 1. The Bertz CT molecular complexity index is 1060. The molecular weight excluding hydrogens is 372 g/mol. The largest absolute Gasteiger partial charge is 0.468 e. The molecule has 0 amide bonds. The fourth-order valence-electron chi connectivity index (χ4n) is 6.54. The van der Waals surface area contributed by atoms with Crippen LogP contribution in [-0.4, -0.2) is 66.4 Å². The van der Waals surface area contributed by atoms with Gasteiger partial charge in [0.05, 0.1) is 25.5 Å². The molecule has 152 valence electrons. The fraction of sp³-hybridized carbons (Fsp3) is 0.545. The lowest BCUT2D eigenvalue weighted by molar-refractivity contribution is -0.281. The Morgan fingerprint density at radius 3 is 2.79 bits per heavy atom. The number of benzene rings is 1. The molecule has 6 atom stereocenters. The number of fused-ring (bicyclic) bond motifs is 4. The lowest BCUT2D eigenvalue weighted by atomic mass is 9.55. The number of likely N-dealkylation sites (N-methyl/N-ethyl adjacent to an activating group) is 1. The number of hydrogen-bond acceptors (Lipinski definition) is 6. The molecule has 4 aliphatic heterocycles. The van der Waals surface area contributed by atoms with Gasteiger partial charge in [-0.15, -0.1) is 0 Å². The minimum atomic E-state index is -0.936. The van der Waals surface area contributed by atoms with E-state index in [1.165, 1.54) is 7.11 Å². The molecule has 1 aliphatic carbocycles. The molecule has 1 aromatic carbocycles. The van der Waals surface area contributed by atoms with Crippen LogP contribution in [0.3, 0.4) is 0 Å². The lowest BCUT2D eigenvalue weighted by Gasteiger charge is -2.62. The number of nitrogens with one attached hydrogen (secondary N) is 1. The van der Waals surface area contributed by atoms with Crippen LogP contribution in [0.5, 0.6) is 0 Å². The molecule has 0 radical (unpaired) electrons. The molecule has 7 heteroatoms. The first-order valence-electron chi connectivity index (χ1n) is 10.2. The first kappa shape index (κ1) is 17.6. The first-order chi connectivity index (χ1) is 13.9. The Morgan fingerprint density at radius 1 is 1.31 bits per heavy atom. The van der Waals surface area contributed by atoms with E-state index in [2.05, 4.69) is 9.88 Å². The summed E-state index contributed by atoms with van der Waals surface area (Å²) in [4.78, 5) is 32.3. The number of nitrogens with zero attached hydrogens (tertiary/aromatic N) is 1. The van der Waals surface area contributed by atoms with Crippen LogP contribution < -0.4 is 0 Å². The number of rotatable bonds is 1. The first-order valence-corrected chi connectivity index (χ1v) is 10.2. The average molecular weight is 396 g/mol. The van der Waals surface area contributed by atoms with Gasteiger partial charge >= 0.3 is 5.97 Å². The maximum atomic E-state index is 13.5. The third-order valence-electron chi connectivity index (χ3n) is 7.89. The molecule has 1 aromatic heterocycles. The van der Waals surface area contributed by atoms with E-state index < -0.39 is 11.0 Å². The van der Waals surface area contributed by atoms with Gasteiger partial charge in [-0.05, 0) is 32.0 Å². The SMILES string of the molecule is COC(=O)[C@]12CO[C@@H]3N(C)[C@@H]1Cc1c([nH]c4ccccc14)C(=O)C[C@H]2[C@]31O[C@H]1C. The summed E-state index contributed by atoms with van der Waals surface area (Å²) in [6.45, 7) is 2.25. The standard InChI is InChI=1S/C22H24N2O5/c1-11-22(29-11)16-9-15(25)18-13(12-6-4-5-7-14(12)23-18)8-17-21(16,20(26)27-3)10-28-19(22)24(17)2/h4-7,11,16-17,19,23H,8-10H2,1-3H3/t11-,16+,17+,19-,21-,22-/m0/s1. The van der Waals surface area contributed by atoms with Gasteiger partial charge in [-0.3, -0.25) is 14.5 Å². The molecular formula is C22H24N2O5. The van der Waals surface area contributed by atoms with E-state index in [0.717, 1.165) is 16.5 Å². The molecule has 2 aromatic rings. The predicted molar refractivity (Wildman–Crippen MR) is 103 cm³/mol. The van der Waals surface area contributed by atoms with E-state index in [1.807, 2.05) is 38.2 Å². The monoisotopic (exact) mass is 396 g/mol. The summed E-state index contributed by atoms with van der Waals surface area (Å²) in [5.41, 5.74) is 1.02. The molecule has 5 heterocycles. The van der Waals surface area contributed by atoms with Gasteiger partial charge in [0.15, 0.2) is 5.78 Å². The minimum absolute atomic E-state index is 0.0280. The Balaban J connectivity index is 1.61. The molecule has 1 N–H and O–H groups in total. The van der Waals surface area contributed by atoms with Gasteiger partial charge < -0.3 is 19.2 Å².